The number of carbonyl (C=O) groups is 1. The fourth-order valence-corrected chi connectivity index (χ4v) is 3.28. The van der Waals surface area contributed by atoms with Gasteiger partial charge in [0.1, 0.15) is 5.82 Å². The van der Waals surface area contributed by atoms with Crippen LogP contribution in [0.2, 0.25) is 0 Å². The number of hydrogen-bond donors (Lipinski definition) is 1. The molecule has 3 aromatic rings. The van der Waals surface area contributed by atoms with E-state index >= 15 is 0 Å². The Labute approximate surface area is 134 Å². The van der Waals surface area contributed by atoms with Gasteiger partial charge < -0.3 is 10.2 Å². The monoisotopic (exact) mass is 309 g/mol. The Hall–Kier alpha value is -2.63. The van der Waals surface area contributed by atoms with Crippen molar-refractivity contribution in [3.05, 3.63) is 36.0 Å². The minimum Gasteiger partial charge on any atom is -0.354 e. The predicted octanol–water partition coefficient (Wildman–Crippen LogP) is 1.91. The van der Waals surface area contributed by atoms with Gasteiger partial charge in [0.25, 0.3) is 0 Å². The van der Waals surface area contributed by atoms with Crippen LogP contribution in [0, 0.1) is 6.92 Å². The molecule has 1 amide bonds. The lowest BCUT2D eigenvalue weighted by Gasteiger charge is -2.28. The van der Waals surface area contributed by atoms with Gasteiger partial charge in [-0.1, -0.05) is 12.1 Å². The first-order valence-corrected chi connectivity index (χ1v) is 7.92. The fraction of sp³-hybridized carbons (Fsp3) is 0.353. The molecule has 1 aromatic carbocycles. The van der Waals surface area contributed by atoms with Crippen LogP contribution in [0.15, 0.2) is 30.3 Å². The van der Waals surface area contributed by atoms with Crippen molar-refractivity contribution in [3.8, 4) is 0 Å². The van der Waals surface area contributed by atoms with Crippen LogP contribution in [0.4, 0.5) is 5.82 Å². The van der Waals surface area contributed by atoms with Gasteiger partial charge in [0.15, 0.2) is 5.65 Å². The van der Waals surface area contributed by atoms with Crippen molar-refractivity contribution in [2.45, 2.75) is 26.3 Å². The molecule has 0 saturated carbocycles. The highest BCUT2D eigenvalue weighted by molar-refractivity contribution is 5.92. The summed E-state index contributed by atoms with van der Waals surface area (Å²) >= 11 is 0. The average Bonchev–Trinajstić information content (AvgIpc) is 2.82. The van der Waals surface area contributed by atoms with Crippen LogP contribution in [0.1, 0.15) is 19.0 Å². The van der Waals surface area contributed by atoms with Crippen LogP contribution < -0.4 is 10.2 Å². The number of carbonyl (C=O) groups excluding carboxylic acids is 1. The third kappa shape index (κ3) is 2.30. The van der Waals surface area contributed by atoms with Crippen LogP contribution in [0.25, 0.3) is 16.6 Å². The molecule has 1 aliphatic rings. The highest BCUT2D eigenvalue weighted by Gasteiger charge is 2.24. The summed E-state index contributed by atoms with van der Waals surface area (Å²) in [5.74, 6) is 1.03. The molecule has 6 heteroatoms. The van der Waals surface area contributed by atoms with Gasteiger partial charge in [0, 0.05) is 37.0 Å². The zero-order chi connectivity index (χ0) is 16.0. The molecule has 118 valence electrons. The zero-order valence-corrected chi connectivity index (χ0v) is 13.3. The fourth-order valence-electron chi connectivity index (χ4n) is 3.28. The molecule has 1 aliphatic heterocycles. The summed E-state index contributed by atoms with van der Waals surface area (Å²) in [6, 6.07) is 10.3. The summed E-state index contributed by atoms with van der Waals surface area (Å²) in [7, 11) is 0. The van der Waals surface area contributed by atoms with Crippen LogP contribution in [0.5, 0.6) is 0 Å². The minimum atomic E-state index is 0.102. The Morgan fingerprint density at radius 2 is 2.13 bits per heavy atom. The molecule has 4 rings (SSSR count). The number of aromatic nitrogens is 3. The third-order valence-corrected chi connectivity index (χ3v) is 4.37. The van der Waals surface area contributed by atoms with Crippen molar-refractivity contribution < 1.29 is 4.79 Å². The molecule has 0 aliphatic carbocycles. The number of amides is 1. The first kappa shape index (κ1) is 14.0. The van der Waals surface area contributed by atoms with Gasteiger partial charge in [0.05, 0.1) is 11.2 Å². The highest BCUT2D eigenvalue weighted by Crippen LogP contribution is 2.28. The molecule has 23 heavy (non-hydrogen) atoms. The molecular weight excluding hydrogens is 290 g/mol. The molecule has 0 unspecified atom stereocenters. The largest absolute Gasteiger partial charge is 0.354 e. The number of para-hydroxylation sites is 1. The standard InChI is InChI=1S/C17H19N5O/c1-11-9-15-19-17(21-8-7-18-16(23)10-12(21)2)13-5-3-4-6-14(13)22(15)20-11/h3-6,9,12H,7-8,10H2,1-2H3,(H,18,23)/t12-/m1/s1. The highest BCUT2D eigenvalue weighted by atomic mass is 16.1. The molecule has 1 fully saturated rings. The van der Waals surface area contributed by atoms with E-state index < -0.39 is 0 Å². The second-order valence-electron chi connectivity index (χ2n) is 6.10. The molecule has 0 bridgehead atoms. The van der Waals surface area contributed by atoms with Crippen molar-refractivity contribution in [1.82, 2.24) is 19.9 Å². The van der Waals surface area contributed by atoms with Crippen molar-refractivity contribution in [3.63, 3.8) is 0 Å². The molecular formula is C17H19N5O. The van der Waals surface area contributed by atoms with Gasteiger partial charge in [-0.2, -0.15) is 5.10 Å². The lowest BCUT2D eigenvalue weighted by atomic mass is 10.1. The number of rotatable bonds is 1. The second-order valence-corrected chi connectivity index (χ2v) is 6.10. The van der Waals surface area contributed by atoms with Crippen LogP contribution in [-0.4, -0.2) is 39.6 Å². The van der Waals surface area contributed by atoms with Gasteiger partial charge in [0.2, 0.25) is 5.91 Å². The van der Waals surface area contributed by atoms with E-state index in [0.717, 1.165) is 34.6 Å². The number of anilines is 1. The van der Waals surface area contributed by atoms with Gasteiger partial charge >= 0.3 is 0 Å². The molecule has 1 N–H and O–H groups in total. The van der Waals surface area contributed by atoms with Crippen molar-refractivity contribution in [2.75, 3.05) is 18.0 Å². The summed E-state index contributed by atoms with van der Waals surface area (Å²) in [6.07, 6.45) is 0.486. The summed E-state index contributed by atoms with van der Waals surface area (Å²) in [4.78, 5) is 18.9. The number of nitrogens with one attached hydrogen (secondary N) is 1. The van der Waals surface area contributed by atoms with Crippen molar-refractivity contribution in [2.24, 2.45) is 0 Å². The molecule has 1 saturated heterocycles. The number of nitrogens with zero attached hydrogens (tertiary/aromatic N) is 4. The van der Waals surface area contributed by atoms with E-state index in [0.29, 0.717) is 13.0 Å². The number of hydrogen-bond acceptors (Lipinski definition) is 4. The number of fused-ring (bicyclic) bond motifs is 3. The lowest BCUT2D eigenvalue weighted by molar-refractivity contribution is -0.120. The molecule has 0 radical (unpaired) electrons. The van der Waals surface area contributed by atoms with Gasteiger partial charge in [-0.3, -0.25) is 4.79 Å². The first-order chi connectivity index (χ1) is 11.1. The normalized spacial score (nSPS) is 19.1. The smallest absolute Gasteiger partial charge is 0.222 e. The second kappa shape index (κ2) is 5.22. The van der Waals surface area contributed by atoms with E-state index in [9.17, 15) is 4.79 Å². The summed E-state index contributed by atoms with van der Waals surface area (Å²) in [6.45, 7) is 5.45. The van der Waals surface area contributed by atoms with Gasteiger partial charge in [-0.05, 0) is 26.0 Å². The quantitative estimate of drug-likeness (QED) is 0.746. The topological polar surface area (TPSA) is 62.5 Å². The van der Waals surface area contributed by atoms with Crippen molar-refractivity contribution in [1.29, 1.82) is 0 Å². The molecule has 2 aromatic heterocycles. The predicted molar refractivity (Wildman–Crippen MR) is 89.7 cm³/mol. The maximum Gasteiger partial charge on any atom is 0.222 e. The molecule has 1 atom stereocenters. The molecule has 0 spiro atoms. The van der Waals surface area contributed by atoms with E-state index in [1.165, 1.54) is 0 Å². The van der Waals surface area contributed by atoms with Gasteiger partial charge in [-0.25, -0.2) is 9.50 Å². The maximum atomic E-state index is 11.8. The molecule has 3 heterocycles. The Morgan fingerprint density at radius 1 is 1.30 bits per heavy atom. The van der Waals surface area contributed by atoms with E-state index in [2.05, 4.69) is 34.4 Å². The third-order valence-electron chi connectivity index (χ3n) is 4.37. The Morgan fingerprint density at radius 3 is 3.00 bits per heavy atom. The minimum absolute atomic E-state index is 0.102. The lowest BCUT2D eigenvalue weighted by Crippen LogP contribution is -2.35. The van der Waals surface area contributed by atoms with E-state index in [1.807, 2.05) is 29.6 Å². The summed E-state index contributed by atoms with van der Waals surface area (Å²) in [5, 5.41) is 8.54. The Kier molecular flexibility index (Phi) is 3.18. The van der Waals surface area contributed by atoms with Crippen LogP contribution in [0.3, 0.4) is 0 Å². The van der Waals surface area contributed by atoms with Crippen LogP contribution >= 0.6 is 0 Å². The number of aryl methyl sites for hydroxylation is 1. The van der Waals surface area contributed by atoms with Crippen molar-refractivity contribution >= 4 is 28.3 Å². The first-order valence-electron chi connectivity index (χ1n) is 7.92. The maximum absolute atomic E-state index is 11.8. The Bertz CT molecular complexity index is 901. The summed E-state index contributed by atoms with van der Waals surface area (Å²) < 4.78 is 1.89. The zero-order valence-electron chi connectivity index (χ0n) is 13.3. The Balaban J connectivity index is 1.95. The average molecular weight is 309 g/mol. The van der Waals surface area contributed by atoms with Gasteiger partial charge in [-0.15, -0.1) is 0 Å². The number of benzene rings is 1. The van der Waals surface area contributed by atoms with E-state index in [1.54, 1.807) is 0 Å². The van der Waals surface area contributed by atoms with Crippen LogP contribution in [-0.2, 0) is 4.79 Å². The molecule has 6 nitrogen and oxygen atoms in total. The van der Waals surface area contributed by atoms with E-state index in [4.69, 9.17) is 4.98 Å². The van der Waals surface area contributed by atoms with E-state index in [-0.39, 0.29) is 11.9 Å². The SMILES string of the molecule is Cc1cc2nc(N3CCNC(=O)C[C@H]3C)c3ccccc3n2n1. The summed E-state index contributed by atoms with van der Waals surface area (Å²) in [5.41, 5.74) is 2.82.